The minimum Gasteiger partial charge on any atom is -0.477 e. The van der Waals surface area contributed by atoms with Gasteiger partial charge >= 0.3 is 12.1 Å². The van der Waals surface area contributed by atoms with E-state index >= 15 is 0 Å². The van der Waals surface area contributed by atoms with E-state index in [9.17, 15) is 14.0 Å². The van der Waals surface area contributed by atoms with Crippen molar-refractivity contribution in [1.82, 2.24) is 9.88 Å². The van der Waals surface area contributed by atoms with Crippen LogP contribution in [0.5, 0.6) is 5.88 Å². The molecular formula is C24H35FN2O5. The molecule has 2 heterocycles. The van der Waals surface area contributed by atoms with Crippen LogP contribution in [0.4, 0.5) is 9.18 Å². The predicted molar refractivity (Wildman–Crippen MR) is 117 cm³/mol. The molecule has 0 spiro atoms. The molecule has 0 bridgehead atoms. The third-order valence-corrected chi connectivity index (χ3v) is 5.88. The molecular weight excluding hydrogens is 415 g/mol. The Hall–Kier alpha value is -2.38. The zero-order valence-corrected chi connectivity index (χ0v) is 19.6. The third kappa shape index (κ3) is 7.07. The van der Waals surface area contributed by atoms with Crippen molar-refractivity contribution in [2.75, 3.05) is 26.3 Å². The molecule has 32 heavy (non-hydrogen) atoms. The fourth-order valence-corrected chi connectivity index (χ4v) is 4.04. The third-order valence-electron chi connectivity index (χ3n) is 5.88. The molecule has 1 saturated carbocycles. The fraction of sp³-hybridized carbons (Fsp3) is 0.708. The van der Waals surface area contributed by atoms with E-state index in [1.807, 2.05) is 20.8 Å². The number of carbonyl (C=O) groups is 2. The number of likely N-dealkylation sites (tertiary alicyclic amines) is 1. The molecule has 8 heteroatoms. The summed E-state index contributed by atoms with van der Waals surface area (Å²) < 4.78 is 31.0. The second kappa shape index (κ2) is 10.5. The Balaban J connectivity index is 1.54. The van der Waals surface area contributed by atoms with Crippen molar-refractivity contribution in [2.24, 2.45) is 11.8 Å². The van der Waals surface area contributed by atoms with E-state index in [0.717, 1.165) is 25.7 Å². The van der Waals surface area contributed by atoms with Crippen LogP contribution in [0.2, 0.25) is 0 Å². The molecule has 0 radical (unpaired) electrons. The monoisotopic (exact) mass is 450 g/mol. The van der Waals surface area contributed by atoms with Crippen molar-refractivity contribution < 1.29 is 28.2 Å². The first kappa shape index (κ1) is 24.3. The van der Waals surface area contributed by atoms with Crippen LogP contribution < -0.4 is 4.74 Å². The summed E-state index contributed by atoms with van der Waals surface area (Å²) in [6, 6.07) is 1.63. The number of aromatic nitrogens is 1. The first-order valence-corrected chi connectivity index (χ1v) is 11.6. The molecule has 1 saturated heterocycles. The van der Waals surface area contributed by atoms with Gasteiger partial charge in [-0.25, -0.2) is 14.2 Å². The highest BCUT2D eigenvalue weighted by Gasteiger charge is 2.36. The lowest BCUT2D eigenvalue weighted by Gasteiger charge is -2.33. The van der Waals surface area contributed by atoms with Crippen LogP contribution in [0.3, 0.4) is 0 Å². The van der Waals surface area contributed by atoms with E-state index in [0.29, 0.717) is 43.7 Å². The second-order valence-electron chi connectivity index (χ2n) is 9.72. The Morgan fingerprint density at radius 3 is 2.50 bits per heavy atom. The van der Waals surface area contributed by atoms with E-state index in [-0.39, 0.29) is 30.3 Å². The van der Waals surface area contributed by atoms with Gasteiger partial charge < -0.3 is 19.1 Å². The zero-order chi connectivity index (χ0) is 23.3. The first-order chi connectivity index (χ1) is 15.2. The van der Waals surface area contributed by atoms with Crippen molar-refractivity contribution in [2.45, 2.75) is 71.3 Å². The Labute approximate surface area is 189 Å². The Morgan fingerprint density at radius 1 is 1.22 bits per heavy atom. The Bertz CT molecular complexity index is 798. The summed E-state index contributed by atoms with van der Waals surface area (Å²) in [6.07, 6.45) is 4.64. The summed E-state index contributed by atoms with van der Waals surface area (Å²) in [5.74, 6) is 0.00934. The number of nitrogens with zero attached hydrogens (tertiary/aromatic N) is 2. The lowest BCUT2D eigenvalue weighted by atomic mass is 9.91. The summed E-state index contributed by atoms with van der Waals surface area (Å²) in [6.45, 7) is 9.34. The number of hydrogen-bond donors (Lipinski definition) is 0. The molecule has 178 valence electrons. The average molecular weight is 451 g/mol. The predicted octanol–water partition coefficient (Wildman–Crippen LogP) is 4.69. The van der Waals surface area contributed by atoms with Gasteiger partial charge in [0, 0.05) is 25.1 Å². The number of pyridine rings is 1. The van der Waals surface area contributed by atoms with Gasteiger partial charge in [0.25, 0.3) is 0 Å². The van der Waals surface area contributed by atoms with Crippen molar-refractivity contribution in [3.8, 4) is 5.88 Å². The second-order valence-corrected chi connectivity index (χ2v) is 9.72. The minimum atomic E-state index is -0.505. The highest BCUT2D eigenvalue weighted by molar-refractivity contribution is 5.70. The van der Waals surface area contributed by atoms with E-state index in [4.69, 9.17) is 14.2 Å². The van der Waals surface area contributed by atoms with E-state index in [1.54, 1.807) is 17.9 Å². The molecule has 3 rings (SSSR count). The summed E-state index contributed by atoms with van der Waals surface area (Å²) >= 11 is 0. The van der Waals surface area contributed by atoms with Gasteiger partial charge in [0.15, 0.2) is 0 Å². The van der Waals surface area contributed by atoms with Gasteiger partial charge in [0.1, 0.15) is 11.4 Å². The summed E-state index contributed by atoms with van der Waals surface area (Å²) in [5.41, 5.74) is -0.0282. The van der Waals surface area contributed by atoms with Gasteiger partial charge in [-0.3, -0.25) is 4.79 Å². The summed E-state index contributed by atoms with van der Waals surface area (Å²) in [7, 11) is 0. The number of halogens is 1. The number of amides is 1. The lowest BCUT2D eigenvalue weighted by Crippen LogP contribution is -2.42. The van der Waals surface area contributed by atoms with Gasteiger partial charge in [0.05, 0.1) is 25.8 Å². The van der Waals surface area contributed by atoms with Crippen molar-refractivity contribution >= 4 is 12.1 Å². The molecule has 1 unspecified atom stereocenters. The molecule has 2 aliphatic rings. The maximum atomic E-state index is 14.6. The van der Waals surface area contributed by atoms with Gasteiger partial charge in [-0.15, -0.1) is 0 Å². The number of ether oxygens (including phenoxy) is 3. The maximum Gasteiger partial charge on any atom is 0.410 e. The molecule has 1 atom stereocenters. The molecule has 7 nitrogen and oxygen atoms in total. The van der Waals surface area contributed by atoms with Gasteiger partial charge in [0.2, 0.25) is 5.88 Å². The number of hydrogen-bond acceptors (Lipinski definition) is 6. The zero-order valence-electron chi connectivity index (χ0n) is 19.6. The average Bonchev–Trinajstić information content (AvgIpc) is 3.56. The maximum absolute atomic E-state index is 14.6. The number of rotatable bonds is 8. The van der Waals surface area contributed by atoms with Gasteiger partial charge in [-0.2, -0.15) is 0 Å². The summed E-state index contributed by atoms with van der Waals surface area (Å²) in [4.78, 5) is 30.0. The van der Waals surface area contributed by atoms with E-state index in [1.165, 1.54) is 6.20 Å². The quantitative estimate of drug-likeness (QED) is 0.535. The molecule has 1 amide bonds. The number of piperidine rings is 1. The molecule has 1 aromatic heterocycles. The van der Waals surface area contributed by atoms with Gasteiger partial charge in [-0.1, -0.05) is 0 Å². The molecule has 0 N–H and O–H groups in total. The SMILES string of the molecule is CCOC(=O)CC(c1cc(OCC2CCN(C(=O)OC(C)(C)C)CC2)ncc1F)C1CC1. The van der Waals surface area contributed by atoms with Crippen LogP contribution in [-0.4, -0.2) is 53.9 Å². The van der Waals surface area contributed by atoms with Crippen LogP contribution >= 0.6 is 0 Å². The van der Waals surface area contributed by atoms with Gasteiger partial charge in [-0.05, 0) is 70.8 Å². The smallest absolute Gasteiger partial charge is 0.410 e. The molecule has 1 aliphatic carbocycles. The Kier molecular flexibility index (Phi) is 7.96. The standard InChI is InChI=1S/C24H35FN2O5/c1-5-30-22(28)13-18(17-6-7-17)19-12-21(26-14-20(19)25)31-15-16-8-10-27(11-9-16)23(29)32-24(2,3)4/h12,14,16-18H,5-11,13,15H2,1-4H3. The van der Waals surface area contributed by atoms with E-state index < -0.39 is 11.4 Å². The molecule has 1 aliphatic heterocycles. The van der Waals surface area contributed by atoms with Crippen LogP contribution in [0.1, 0.15) is 71.3 Å². The lowest BCUT2D eigenvalue weighted by molar-refractivity contribution is -0.143. The van der Waals surface area contributed by atoms with E-state index in [2.05, 4.69) is 4.98 Å². The minimum absolute atomic E-state index is 0.169. The summed E-state index contributed by atoms with van der Waals surface area (Å²) in [5, 5.41) is 0. The van der Waals surface area contributed by atoms with Crippen LogP contribution in [0, 0.1) is 17.7 Å². The Morgan fingerprint density at radius 2 is 1.91 bits per heavy atom. The fourth-order valence-electron chi connectivity index (χ4n) is 4.04. The molecule has 0 aromatic carbocycles. The number of carbonyl (C=O) groups excluding carboxylic acids is 2. The van der Waals surface area contributed by atoms with Crippen LogP contribution in [0.25, 0.3) is 0 Å². The number of esters is 1. The largest absolute Gasteiger partial charge is 0.477 e. The van der Waals surface area contributed by atoms with Crippen molar-refractivity contribution in [1.29, 1.82) is 0 Å². The highest BCUT2D eigenvalue weighted by Crippen LogP contribution is 2.45. The molecule has 2 fully saturated rings. The van der Waals surface area contributed by atoms with Crippen LogP contribution in [-0.2, 0) is 14.3 Å². The highest BCUT2D eigenvalue weighted by atomic mass is 19.1. The topological polar surface area (TPSA) is 78.0 Å². The normalized spacial score (nSPS) is 18.2. The van der Waals surface area contributed by atoms with Crippen molar-refractivity contribution in [3.63, 3.8) is 0 Å². The molecule has 1 aromatic rings. The van der Waals surface area contributed by atoms with Crippen molar-refractivity contribution in [3.05, 3.63) is 23.6 Å². The van der Waals surface area contributed by atoms with Crippen LogP contribution in [0.15, 0.2) is 12.3 Å². The first-order valence-electron chi connectivity index (χ1n) is 11.6.